The van der Waals surface area contributed by atoms with Crippen LogP contribution in [0.5, 0.6) is 11.5 Å². The van der Waals surface area contributed by atoms with Crippen LogP contribution >= 0.6 is 11.6 Å². The molecular formula is C26H27ClN4O4. The Labute approximate surface area is 207 Å². The van der Waals surface area contributed by atoms with Crippen LogP contribution < -0.4 is 20.8 Å². The number of hydrogen-bond acceptors (Lipinski definition) is 6. The summed E-state index contributed by atoms with van der Waals surface area (Å²) in [7, 11) is 0. The van der Waals surface area contributed by atoms with E-state index >= 15 is 0 Å². The smallest absolute Gasteiger partial charge is 0.256 e. The van der Waals surface area contributed by atoms with E-state index in [1.165, 1.54) is 12.8 Å². The minimum Gasteiger partial charge on any atom is -0.453 e. The number of hydrogen-bond donors (Lipinski definition) is 2. The number of carbonyl (C=O) groups excluding carboxylic acids is 1. The highest BCUT2D eigenvalue weighted by Crippen LogP contribution is 2.42. The number of aromatic nitrogens is 1. The summed E-state index contributed by atoms with van der Waals surface area (Å²) in [5.41, 5.74) is 1.91. The molecule has 35 heavy (non-hydrogen) atoms. The molecule has 1 aliphatic carbocycles. The van der Waals surface area contributed by atoms with Gasteiger partial charge in [0.2, 0.25) is 5.43 Å². The highest BCUT2D eigenvalue weighted by molar-refractivity contribution is 6.30. The van der Waals surface area contributed by atoms with Gasteiger partial charge < -0.3 is 24.7 Å². The van der Waals surface area contributed by atoms with Crippen molar-refractivity contribution in [1.29, 1.82) is 0 Å². The molecule has 182 valence electrons. The second kappa shape index (κ2) is 9.18. The molecule has 2 aliphatic heterocycles. The number of amides is 1. The Morgan fingerprint density at radius 2 is 1.94 bits per heavy atom. The van der Waals surface area contributed by atoms with Crippen LogP contribution in [0.1, 0.15) is 23.2 Å². The molecule has 0 bridgehead atoms. The number of nitrogens with zero attached hydrogens (tertiary/aromatic N) is 2. The molecule has 0 unspecified atom stereocenters. The van der Waals surface area contributed by atoms with Gasteiger partial charge in [0, 0.05) is 55.7 Å². The fourth-order valence-electron chi connectivity index (χ4n) is 4.67. The summed E-state index contributed by atoms with van der Waals surface area (Å²) in [6.45, 7) is 5.11. The summed E-state index contributed by atoms with van der Waals surface area (Å²) in [4.78, 5) is 29.0. The Kier molecular flexibility index (Phi) is 5.88. The maximum absolute atomic E-state index is 13.6. The third-order valence-corrected chi connectivity index (χ3v) is 7.05. The van der Waals surface area contributed by atoms with Crippen LogP contribution in [-0.4, -0.2) is 61.3 Å². The second-order valence-electron chi connectivity index (χ2n) is 9.36. The average Bonchev–Trinajstić information content (AvgIpc) is 3.70. The van der Waals surface area contributed by atoms with Crippen LogP contribution in [0.15, 0.2) is 41.3 Å². The number of nitrogens with one attached hydrogen (secondary N) is 2. The Morgan fingerprint density at radius 3 is 2.74 bits per heavy atom. The van der Waals surface area contributed by atoms with Gasteiger partial charge in [-0.05, 0) is 43.0 Å². The maximum atomic E-state index is 13.6. The fourth-order valence-corrected chi connectivity index (χ4v) is 4.84. The number of morpholine rings is 1. The lowest BCUT2D eigenvalue weighted by molar-refractivity contribution is 0.0383. The summed E-state index contributed by atoms with van der Waals surface area (Å²) >= 11 is 6.28. The SMILES string of the molecule is O=C(NCCN1CCOCC1)c1cn2c3c(cc(NCC4CC4)cc3c1=O)Oc1ccc(Cl)cc1-2. The van der Waals surface area contributed by atoms with Gasteiger partial charge in [0.15, 0.2) is 11.5 Å². The lowest BCUT2D eigenvalue weighted by atomic mass is 10.1. The molecule has 3 aliphatic rings. The van der Waals surface area contributed by atoms with E-state index in [1.807, 2.05) is 16.7 Å². The van der Waals surface area contributed by atoms with Crippen LogP contribution in [-0.2, 0) is 4.74 Å². The van der Waals surface area contributed by atoms with Gasteiger partial charge in [0.25, 0.3) is 5.91 Å². The standard InChI is InChI=1S/C26H27ClN4O4/c27-17-3-4-22-21(11-17)31-15-20(26(33)28-5-6-30-7-9-34-10-8-30)25(32)19-12-18(29-14-16-1-2-16)13-23(35-22)24(19)31/h3-4,11-13,15-16,29H,1-2,5-10,14H2,(H,28,33). The number of rotatable bonds is 7. The molecule has 2 fully saturated rings. The average molecular weight is 495 g/mol. The quantitative estimate of drug-likeness (QED) is 0.408. The molecule has 0 spiro atoms. The first-order chi connectivity index (χ1) is 17.1. The van der Waals surface area contributed by atoms with Gasteiger partial charge in [-0.25, -0.2) is 0 Å². The summed E-state index contributed by atoms with van der Waals surface area (Å²) in [6, 6.07) is 9.09. The van der Waals surface area contributed by atoms with Gasteiger partial charge >= 0.3 is 0 Å². The highest BCUT2D eigenvalue weighted by atomic mass is 35.5. The summed E-state index contributed by atoms with van der Waals surface area (Å²) in [5, 5.41) is 7.34. The lowest BCUT2D eigenvalue weighted by Gasteiger charge is -2.26. The van der Waals surface area contributed by atoms with Gasteiger partial charge in [-0.3, -0.25) is 14.5 Å². The molecule has 1 amide bonds. The Hall–Kier alpha value is -3.07. The van der Waals surface area contributed by atoms with Crippen LogP contribution in [0.2, 0.25) is 5.02 Å². The van der Waals surface area contributed by atoms with E-state index in [2.05, 4.69) is 15.5 Å². The molecule has 8 nitrogen and oxygen atoms in total. The first-order valence-electron chi connectivity index (χ1n) is 12.1. The Balaban J connectivity index is 1.38. The molecule has 1 saturated heterocycles. The van der Waals surface area contributed by atoms with E-state index in [-0.39, 0.29) is 16.9 Å². The highest BCUT2D eigenvalue weighted by Gasteiger charge is 2.26. The summed E-state index contributed by atoms with van der Waals surface area (Å²) < 4.78 is 13.4. The van der Waals surface area contributed by atoms with E-state index < -0.39 is 0 Å². The second-order valence-corrected chi connectivity index (χ2v) is 9.80. The molecule has 1 saturated carbocycles. The molecule has 6 rings (SSSR count). The summed E-state index contributed by atoms with van der Waals surface area (Å²) in [6.07, 6.45) is 4.05. The lowest BCUT2D eigenvalue weighted by Crippen LogP contribution is -2.42. The number of anilines is 1. The molecule has 3 aromatic rings. The zero-order valence-corrected chi connectivity index (χ0v) is 20.1. The minimum absolute atomic E-state index is 0.0950. The van der Waals surface area contributed by atoms with Crippen molar-refractivity contribution in [2.75, 3.05) is 51.3 Å². The molecule has 2 aromatic carbocycles. The molecule has 0 atom stereocenters. The van der Waals surface area contributed by atoms with Crippen molar-refractivity contribution < 1.29 is 14.3 Å². The van der Waals surface area contributed by atoms with Gasteiger partial charge in [0.1, 0.15) is 11.1 Å². The third kappa shape index (κ3) is 4.49. The first kappa shape index (κ1) is 22.4. The van der Waals surface area contributed by atoms with Crippen molar-refractivity contribution >= 4 is 34.1 Å². The minimum atomic E-state index is -0.387. The van der Waals surface area contributed by atoms with Crippen molar-refractivity contribution in [1.82, 2.24) is 14.8 Å². The van der Waals surface area contributed by atoms with E-state index in [4.69, 9.17) is 21.1 Å². The maximum Gasteiger partial charge on any atom is 0.256 e. The molecule has 9 heteroatoms. The Bertz CT molecular complexity index is 1360. The topological polar surface area (TPSA) is 84.8 Å². The number of benzene rings is 2. The van der Waals surface area contributed by atoms with Crippen molar-refractivity contribution in [3.8, 4) is 17.2 Å². The van der Waals surface area contributed by atoms with E-state index in [1.54, 1.807) is 24.4 Å². The third-order valence-electron chi connectivity index (χ3n) is 6.82. The number of halogens is 1. The predicted molar refractivity (Wildman–Crippen MR) is 135 cm³/mol. The molecule has 0 radical (unpaired) electrons. The molecule has 2 N–H and O–H groups in total. The normalized spacial score (nSPS) is 17.1. The van der Waals surface area contributed by atoms with Gasteiger partial charge in [0.05, 0.1) is 24.3 Å². The van der Waals surface area contributed by atoms with Crippen LogP contribution in [0.4, 0.5) is 5.69 Å². The largest absolute Gasteiger partial charge is 0.453 e. The molecule has 1 aromatic heterocycles. The predicted octanol–water partition coefficient (Wildman–Crippen LogP) is 3.63. The fraction of sp³-hybridized carbons (Fsp3) is 0.385. The first-order valence-corrected chi connectivity index (χ1v) is 12.5. The van der Waals surface area contributed by atoms with Crippen molar-refractivity contribution in [3.05, 3.63) is 57.3 Å². The van der Waals surface area contributed by atoms with E-state index in [0.29, 0.717) is 65.3 Å². The van der Waals surface area contributed by atoms with Crippen LogP contribution in [0, 0.1) is 5.92 Å². The van der Waals surface area contributed by atoms with Gasteiger partial charge in [-0.15, -0.1) is 0 Å². The zero-order valence-electron chi connectivity index (χ0n) is 19.3. The number of carbonyl (C=O) groups is 1. The number of ether oxygens (including phenoxy) is 2. The van der Waals surface area contributed by atoms with Crippen molar-refractivity contribution in [3.63, 3.8) is 0 Å². The van der Waals surface area contributed by atoms with Gasteiger partial charge in [-0.2, -0.15) is 0 Å². The molecule has 3 heterocycles. The van der Waals surface area contributed by atoms with E-state index in [9.17, 15) is 9.59 Å². The number of fused-ring (bicyclic) bond motifs is 2. The monoisotopic (exact) mass is 494 g/mol. The number of pyridine rings is 1. The van der Waals surface area contributed by atoms with Crippen molar-refractivity contribution in [2.24, 2.45) is 5.92 Å². The van der Waals surface area contributed by atoms with Crippen LogP contribution in [0.25, 0.3) is 16.6 Å². The van der Waals surface area contributed by atoms with E-state index in [0.717, 1.165) is 25.3 Å². The van der Waals surface area contributed by atoms with Crippen LogP contribution in [0.3, 0.4) is 0 Å². The summed E-state index contributed by atoms with van der Waals surface area (Å²) in [5.74, 6) is 1.48. The zero-order chi connectivity index (χ0) is 23.9. The van der Waals surface area contributed by atoms with Crippen molar-refractivity contribution in [2.45, 2.75) is 12.8 Å². The van der Waals surface area contributed by atoms with Gasteiger partial charge in [-0.1, -0.05) is 11.6 Å². The molecular weight excluding hydrogens is 468 g/mol. The Morgan fingerprint density at radius 1 is 1.11 bits per heavy atom.